The number of benzene rings is 2. The summed E-state index contributed by atoms with van der Waals surface area (Å²) in [6, 6.07) is 12.8. The number of anilines is 3. The van der Waals surface area contributed by atoms with Crippen molar-refractivity contribution in [2.75, 3.05) is 61.5 Å². The minimum Gasteiger partial charge on any atom is -0.368 e. The van der Waals surface area contributed by atoms with Gasteiger partial charge in [0, 0.05) is 76.1 Å². The van der Waals surface area contributed by atoms with E-state index in [9.17, 15) is 12.8 Å². The lowest BCUT2D eigenvalue weighted by Gasteiger charge is -2.37. The van der Waals surface area contributed by atoms with Gasteiger partial charge in [0.2, 0.25) is 16.0 Å². The van der Waals surface area contributed by atoms with Crippen molar-refractivity contribution in [1.29, 1.82) is 0 Å². The summed E-state index contributed by atoms with van der Waals surface area (Å²) < 4.78 is 41.3. The molecule has 2 aliphatic rings. The van der Waals surface area contributed by atoms with Gasteiger partial charge in [0.1, 0.15) is 11.6 Å². The van der Waals surface area contributed by atoms with Gasteiger partial charge in [0.15, 0.2) is 0 Å². The van der Waals surface area contributed by atoms with Crippen LogP contribution in [0.1, 0.15) is 11.3 Å². The number of fused-ring (bicyclic) bond motifs is 1. The largest absolute Gasteiger partial charge is 0.368 e. The molecule has 8 nitrogen and oxygen atoms in total. The molecule has 3 heterocycles. The van der Waals surface area contributed by atoms with Crippen LogP contribution in [0.4, 0.5) is 21.8 Å². The molecule has 0 saturated carbocycles. The highest BCUT2D eigenvalue weighted by Crippen LogP contribution is 2.31. The lowest BCUT2D eigenvalue weighted by Crippen LogP contribution is -2.47. The van der Waals surface area contributed by atoms with E-state index in [-0.39, 0.29) is 17.3 Å². The van der Waals surface area contributed by atoms with Crippen LogP contribution in [0.15, 0.2) is 53.4 Å². The number of hydrogen-bond acceptors (Lipinski definition) is 7. The summed E-state index contributed by atoms with van der Waals surface area (Å²) in [4.78, 5) is 16.2. The molecule has 0 atom stereocenters. The molecule has 1 aromatic heterocycles. The maximum absolute atomic E-state index is 13.3. The van der Waals surface area contributed by atoms with Gasteiger partial charge in [-0.1, -0.05) is 11.6 Å². The maximum Gasteiger partial charge on any atom is 0.243 e. The van der Waals surface area contributed by atoms with Crippen molar-refractivity contribution in [3.63, 3.8) is 0 Å². The van der Waals surface area contributed by atoms with Gasteiger partial charge in [-0.15, -0.1) is 0 Å². The molecule has 0 aliphatic carbocycles. The Morgan fingerprint density at radius 3 is 2.17 bits per heavy atom. The third-order valence-electron chi connectivity index (χ3n) is 6.62. The number of hydrogen-bond donors (Lipinski definition) is 0. The lowest BCUT2D eigenvalue weighted by molar-refractivity contribution is 0.387. The number of sulfonamides is 1. The molecular formula is C25H28ClFN6O2S. The standard InChI is InChI=1S/C25H28ClFN6O2S/c1-30(2)24-22-17-33(36(34,35)21-9-3-18(26)4-10-21)12-11-23(22)28-25(29-24)32-15-13-31(14-16-32)20-7-5-19(27)6-8-20/h3-10H,11-17H2,1-2H3. The first-order valence-electron chi connectivity index (χ1n) is 11.8. The Morgan fingerprint density at radius 1 is 0.889 bits per heavy atom. The zero-order chi connectivity index (χ0) is 25.4. The van der Waals surface area contributed by atoms with Crippen molar-refractivity contribution >= 4 is 39.1 Å². The summed E-state index contributed by atoms with van der Waals surface area (Å²) in [5, 5.41) is 0.493. The SMILES string of the molecule is CN(C)c1nc(N2CCN(c3ccc(F)cc3)CC2)nc2c1CN(S(=O)(=O)c1ccc(Cl)cc1)CC2. The molecule has 0 radical (unpaired) electrons. The number of nitrogens with zero attached hydrogens (tertiary/aromatic N) is 6. The topological polar surface area (TPSA) is 72.9 Å². The molecular weight excluding hydrogens is 503 g/mol. The van der Waals surface area contributed by atoms with Crippen molar-refractivity contribution in [1.82, 2.24) is 14.3 Å². The Morgan fingerprint density at radius 2 is 1.53 bits per heavy atom. The molecule has 0 bridgehead atoms. The second-order valence-electron chi connectivity index (χ2n) is 9.16. The highest BCUT2D eigenvalue weighted by molar-refractivity contribution is 7.89. The second-order valence-corrected chi connectivity index (χ2v) is 11.5. The van der Waals surface area contributed by atoms with Gasteiger partial charge in [-0.3, -0.25) is 0 Å². The van der Waals surface area contributed by atoms with Crippen LogP contribution in [-0.4, -0.2) is 69.5 Å². The van der Waals surface area contributed by atoms with Crippen LogP contribution >= 0.6 is 11.6 Å². The average Bonchev–Trinajstić information content (AvgIpc) is 2.88. The second kappa shape index (κ2) is 9.84. The third kappa shape index (κ3) is 4.85. The molecule has 36 heavy (non-hydrogen) atoms. The summed E-state index contributed by atoms with van der Waals surface area (Å²) in [6.07, 6.45) is 0.508. The van der Waals surface area contributed by atoms with Crippen molar-refractivity contribution in [3.05, 3.63) is 70.6 Å². The quantitative estimate of drug-likeness (QED) is 0.500. The zero-order valence-electron chi connectivity index (χ0n) is 20.2. The van der Waals surface area contributed by atoms with Gasteiger partial charge < -0.3 is 14.7 Å². The fourth-order valence-corrected chi connectivity index (χ4v) is 6.18. The maximum atomic E-state index is 13.3. The average molecular weight is 531 g/mol. The first kappa shape index (κ1) is 24.7. The molecule has 190 valence electrons. The molecule has 2 aromatic carbocycles. The number of piperazine rings is 1. The normalized spacial score (nSPS) is 16.7. The fraction of sp³-hybridized carbons (Fsp3) is 0.360. The van der Waals surface area contributed by atoms with E-state index < -0.39 is 10.0 Å². The van der Waals surface area contributed by atoms with Crippen LogP contribution in [0.2, 0.25) is 5.02 Å². The molecule has 0 spiro atoms. The van der Waals surface area contributed by atoms with E-state index in [4.69, 9.17) is 21.6 Å². The van der Waals surface area contributed by atoms with Gasteiger partial charge in [0.05, 0.1) is 10.6 Å². The van der Waals surface area contributed by atoms with E-state index in [1.165, 1.54) is 28.6 Å². The lowest BCUT2D eigenvalue weighted by atomic mass is 10.1. The van der Waals surface area contributed by atoms with Crippen LogP contribution in [0, 0.1) is 5.82 Å². The van der Waals surface area contributed by atoms with Crippen LogP contribution in [0.3, 0.4) is 0 Å². The molecule has 0 unspecified atom stereocenters. The van der Waals surface area contributed by atoms with Gasteiger partial charge >= 0.3 is 0 Å². The van der Waals surface area contributed by atoms with E-state index >= 15 is 0 Å². The Kier molecular flexibility index (Phi) is 6.76. The van der Waals surface area contributed by atoms with Crippen molar-refractivity contribution in [2.24, 2.45) is 0 Å². The molecule has 0 N–H and O–H groups in total. The van der Waals surface area contributed by atoms with Gasteiger partial charge in [-0.25, -0.2) is 17.8 Å². The number of rotatable bonds is 5. The summed E-state index contributed by atoms with van der Waals surface area (Å²) in [7, 11) is 0.148. The molecule has 1 fully saturated rings. The van der Waals surface area contributed by atoms with Crippen LogP contribution in [0.5, 0.6) is 0 Å². The Balaban J connectivity index is 1.36. The predicted octanol–water partition coefficient (Wildman–Crippen LogP) is 3.41. The monoisotopic (exact) mass is 530 g/mol. The summed E-state index contributed by atoms with van der Waals surface area (Å²) in [6.45, 7) is 3.58. The molecule has 11 heteroatoms. The van der Waals surface area contributed by atoms with Gasteiger partial charge in [-0.2, -0.15) is 9.29 Å². The first-order chi connectivity index (χ1) is 17.2. The Bertz CT molecular complexity index is 1340. The minimum absolute atomic E-state index is 0.215. The van der Waals surface area contributed by atoms with Crippen LogP contribution in [-0.2, 0) is 23.0 Å². The van der Waals surface area contributed by atoms with Crippen LogP contribution in [0.25, 0.3) is 0 Å². The third-order valence-corrected chi connectivity index (χ3v) is 8.73. The number of halogens is 2. The Hall–Kier alpha value is -2.95. The molecule has 1 saturated heterocycles. The van der Waals surface area contributed by atoms with Crippen molar-refractivity contribution in [2.45, 2.75) is 17.9 Å². The number of aromatic nitrogens is 2. The minimum atomic E-state index is -3.67. The molecule has 3 aromatic rings. The zero-order valence-corrected chi connectivity index (χ0v) is 21.8. The van der Waals surface area contributed by atoms with E-state index in [2.05, 4.69) is 9.80 Å². The summed E-state index contributed by atoms with van der Waals surface area (Å²) in [5.41, 5.74) is 2.71. The van der Waals surface area contributed by atoms with Gasteiger partial charge in [0.25, 0.3) is 0 Å². The summed E-state index contributed by atoms with van der Waals surface area (Å²) >= 11 is 5.94. The molecule has 0 amide bonds. The van der Waals surface area contributed by atoms with Gasteiger partial charge in [-0.05, 0) is 48.5 Å². The molecule has 2 aliphatic heterocycles. The van der Waals surface area contributed by atoms with Crippen LogP contribution < -0.4 is 14.7 Å². The summed E-state index contributed by atoms with van der Waals surface area (Å²) in [5.74, 6) is 1.15. The van der Waals surface area contributed by atoms with E-state index in [0.717, 1.165) is 48.9 Å². The fourth-order valence-electron chi connectivity index (χ4n) is 4.65. The first-order valence-corrected chi connectivity index (χ1v) is 13.6. The highest BCUT2D eigenvalue weighted by Gasteiger charge is 2.32. The van der Waals surface area contributed by atoms with Crippen molar-refractivity contribution in [3.8, 4) is 0 Å². The van der Waals surface area contributed by atoms with E-state index in [0.29, 0.717) is 23.9 Å². The predicted molar refractivity (Wildman–Crippen MR) is 140 cm³/mol. The Labute approximate surface area is 216 Å². The highest BCUT2D eigenvalue weighted by atomic mass is 35.5. The van der Waals surface area contributed by atoms with E-state index in [1.807, 2.05) is 19.0 Å². The molecule has 5 rings (SSSR count). The van der Waals surface area contributed by atoms with Crippen molar-refractivity contribution < 1.29 is 12.8 Å². The smallest absolute Gasteiger partial charge is 0.243 e. The van der Waals surface area contributed by atoms with E-state index in [1.54, 1.807) is 24.3 Å².